The maximum Gasteiger partial charge on any atom is 0.251 e. The summed E-state index contributed by atoms with van der Waals surface area (Å²) in [6.45, 7) is 0.585. The Hall–Kier alpha value is -2.24. The van der Waals surface area contributed by atoms with Crippen molar-refractivity contribution < 1.29 is 9.59 Å². The minimum Gasteiger partial charge on any atom is -0.356 e. The molecule has 0 bridgehead atoms. The number of benzene rings is 2. The predicted molar refractivity (Wildman–Crippen MR) is 98.5 cm³/mol. The van der Waals surface area contributed by atoms with Crippen LogP contribution in [0.5, 0.6) is 0 Å². The van der Waals surface area contributed by atoms with Crippen LogP contribution >= 0.6 is 23.2 Å². The van der Waals surface area contributed by atoms with Gasteiger partial charge in [0.25, 0.3) is 5.91 Å². The summed E-state index contributed by atoms with van der Waals surface area (Å²) in [4.78, 5) is 26.8. The molecule has 2 amide bonds. The number of halogens is 2. The van der Waals surface area contributed by atoms with Gasteiger partial charge >= 0.3 is 0 Å². The summed E-state index contributed by atoms with van der Waals surface area (Å²) in [6.07, 6.45) is 0.563. The van der Waals surface area contributed by atoms with E-state index in [0.717, 1.165) is 11.4 Å². The van der Waals surface area contributed by atoms with Crippen molar-refractivity contribution in [1.29, 1.82) is 0 Å². The molecule has 1 fully saturated rings. The quantitative estimate of drug-likeness (QED) is 0.846. The number of hydrogen-bond donors (Lipinski definition) is 2. The minimum absolute atomic E-state index is 0.0370. The fourth-order valence-electron chi connectivity index (χ4n) is 3.41. The molecule has 2 aromatic carbocycles. The highest BCUT2D eigenvalue weighted by atomic mass is 35.5. The fraction of sp³-hybridized carbons (Fsp3) is 0.222. The molecular weight excluding hydrogens is 361 g/mol. The lowest BCUT2D eigenvalue weighted by Gasteiger charge is -2.32. The average molecular weight is 376 g/mol. The number of nitrogens with one attached hydrogen (secondary N) is 2. The highest BCUT2D eigenvalue weighted by molar-refractivity contribution is 6.42. The van der Waals surface area contributed by atoms with Gasteiger partial charge in [-0.2, -0.15) is 0 Å². The van der Waals surface area contributed by atoms with Crippen molar-refractivity contribution in [3.05, 3.63) is 58.1 Å². The minimum atomic E-state index is -0.269. The number of hydrogen-bond acceptors (Lipinski definition) is 3. The van der Waals surface area contributed by atoms with Crippen LogP contribution in [0.4, 0.5) is 11.4 Å². The molecule has 0 aromatic heterocycles. The van der Waals surface area contributed by atoms with Gasteiger partial charge in [0.1, 0.15) is 6.04 Å². The Kier molecular flexibility index (Phi) is 4.06. The van der Waals surface area contributed by atoms with Crippen molar-refractivity contribution in [2.75, 3.05) is 16.8 Å². The molecule has 128 valence electrons. The van der Waals surface area contributed by atoms with Crippen molar-refractivity contribution in [2.45, 2.75) is 18.5 Å². The third kappa shape index (κ3) is 2.94. The molecule has 25 heavy (non-hydrogen) atoms. The molecule has 2 N–H and O–H groups in total. The summed E-state index contributed by atoms with van der Waals surface area (Å²) < 4.78 is 0. The Balaban J connectivity index is 1.52. The van der Waals surface area contributed by atoms with Gasteiger partial charge in [-0.05, 0) is 36.8 Å². The van der Waals surface area contributed by atoms with Crippen molar-refractivity contribution in [3.8, 4) is 0 Å². The van der Waals surface area contributed by atoms with Gasteiger partial charge in [-0.3, -0.25) is 9.59 Å². The number of fused-ring (bicyclic) bond motifs is 3. The molecule has 2 aromatic rings. The van der Waals surface area contributed by atoms with Crippen LogP contribution in [0, 0.1) is 0 Å². The van der Waals surface area contributed by atoms with E-state index in [1.807, 2.05) is 29.2 Å². The van der Waals surface area contributed by atoms with Gasteiger partial charge in [-0.1, -0.05) is 35.3 Å². The molecule has 0 radical (unpaired) electrons. The topological polar surface area (TPSA) is 61.4 Å². The number of carbonyl (C=O) groups is 2. The van der Waals surface area contributed by atoms with E-state index in [9.17, 15) is 9.59 Å². The SMILES string of the molecule is O=C(NC1CC2C(=O)Nc3ccccc3N2C1)c1ccc(Cl)c(Cl)c1. The van der Waals surface area contributed by atoms with Crippen LogP contribution in [0.15, 0.2) is 42.5 Å². The number of para-hydroxylation sites is 2. The van der Waals surface area contributed by atoms with Gasteiger partial charge < -0.3 is 15.5 Å². The van der Waals surface area contributed by atoms with E-state index >= 15 is 0 Å². The molecule has 2 atom stereocenters. The summed E-state index contributed by atoms with van der Waals surface area (Å²) >= 11 is 11.9. The third-order valence-electron chi connectivity index (χ3n) is 4.59. The van der Waals surface area contributed by atoms with Gasteiger partial charge in [0.2, 0.25) is 5.91 Å². The largest absolute Gasteiger partial charge is 0.356 e. The molecule has 7 heteroatoms. The van der Waals surface area contributed by atoms with Crippen LogP contribution in [0.3, 0.4) is 0 Å². The molecule has 4 rings (SSSR count). The van der Waals surface area contributed by atoms with Gasteiger partial charge in [0.15, 0.2) is 0 Å². The molecule has 2 unspecified atom stereocenters. The Morgan fingerprint density at radius 2 is 1.96 bits per heavy atom. The molecule has 2 aliphatic heterocycles. The van der Waals surface area contributed by atoms with Crippen LogP contribution < -0.4 is 15.5 Å². The van der Waals surface area contributed by atoms with E-state index in [2.05, 4.69) is 10.6 Å². The van der Waals surface area contributed by atoms with E-state index in [-0.39, 0.29) is 23.9 Å². The maximum absolute atomic E-state index is 12.5. The predicted octanol–water partition coefficient (Wildman–Crippen LogP) is 3.32. The number of rotatable bonds is 2. The molecule has 0 spiro atoms. The van der Waals surface area contributed by atoms with Crippen molar-refractivity contribution >= 4 is 46.4 Å². The number of carbonyl (C=O) groups excluding carboxylic acids is 2. The molecule has 0 aliphatic carbocycles. The molecule has 5 nitrogen and oxygen atoms in total. The lowest BCUT2D eigenvalue weighted by molar-refractivity contribution is -0.117. The summed E-state index contributed by atoms with van der Waals surface area (Å²) in [6, 6.07) is 12.1. The number of nitrogens with zero attached hydrogens (tertiary/aromatic N) is 1. The van der Waals surface area contributed by atoms with E-state index in [1.165, 1.54) is 0 Å². The highest BCUT2D eigenvalue weighted by Gasteiger charge is 2.41. The monoisotopic (exact) mass is 375 g/mol. The number of amides is 2. The van der Waals surface area contributed by atoms with Crippen LogP contribution in [-0.2, 0) is 4.79 Å². The van der Waals surface area contributed by atoms with Gasteiger partial charge in [-0.25, -0.2) is 0 Å². The standard InChI is InChI=1S/C18H15Cl2N3O2/c19-12-6-5-10(7-13(12)20)17(24)21-11-8-16-18(25)22-14-3-1-2-4-15(14)23(16)9-11/h1-7,11,16H,8-9H2,(H,21,24)(H,22,25). The molecule has 0 saturated carbocycles. The van der Waals surface area contributed by atoms with Crippen molar-refractivity contribution in [3.63, 3.8) is 0 Å². The van der Waals surface area contributed by atoms with Gasteiger partial charge in [-0.15, -0.1) is 0 Å². The van der Waals surface area contributed by atoms with Crippen LogP contribution in [-0.4, -0.2) is 30.4 Å². The van der Waals surface area contributed by atoms with Crippen molar-refractivity contribution in [1.82, 2.24) is 5.32 Å². The summed E-state index contributed by atoms with van der Waals surface area (Å²) in [7, 11) is 0. The smallest absolute Gasteiger partial charge is 0.251 e. The van der Waals surface area contributed by atoms with E-state index in [0.29, 0.717) is 28.6 Å². The first-order chi connectivity index (χ1) is 12.0. The van der Waals surface area contributed by atoms with E-state index < -0.39 is 0 Å². The second-order valence-electron chi connectivity index (χ2n) is 6.21. The van der Waals surface area contributed by atoms with Crippen LogP contribution in [0.25, 0.3) is 0 Å². The van der Waals surface area contributed by atoms with Crippen molar-refractivity contribution in [2.24, 2.45) is 0 Å². The average Bonchev–Trinajstić information content (AvgIpc) is 3.02. The zero-order valence-electron chi connectivity index (χ0n) is 13.1. The Morgan fingerprint density at radius 3 is 2.76 bits per heavy atom. The first-order valence-electron chi connectivity index (χ1n) is 7.95. The molecular formula is C18H15Cl2N3O2. The Bertz CT molecular complexity index is 871. The number of anilines is 2. The Labute approximate surface area is 154 Å². The second kappa shape index (κ2) is 6.24. The lowest BCUT2D eigenvalue weighted by Crippen LogP contribution is -2.44. The summed E-state index contributed by atoms with van der Waals surface area (Å²) in [5.41, 5.74) is 2.24. The zero-order chi connectivity index (χ0) is 17.6. The van der Waals surface area contributed by atoms with E-state index in [1.54, 1.807) is 18.2 Å². The molecule has 2 aliphatic rings. The summed E-state index contributed by atoms with van der Waals surface area (Å²) in [5.74, 6) is -0.262. The normalized spacial score (nSPS) is 21.4. The second-order valence-corrected chi connectivity index (χ2v) is 7.02. The fourth-order valence-corrected chi connectivity index (χ4v) is 3.71. The lowest BCUT2D eigenvalue weighted by atomic mass is 10.1. The van der Waals surface area contributed by atoms with Gasteiger partial charge in [0.05, 0.1) is 21.4 Å². The van der Waals surface area contributed by atoms with E-state index in [4.69, 9.17) is 23.2 Å². The molecule has 1 saturated heterocycles. The highest BCUT2D eigenvalue weighted by Crippen LogP contribution is 2.36. The maximum atomic E-state index is 12.5. The third-order valence-corrected chi connectivity index (χ3v) is 5.33. The first kappa shape index (κ1) is 16.2. The Morgan fingerprint density at radius 1 is 1.16 bits per heavy atom. The van der Waals surface area contributed by atoms with Crippen LogP contribution in [0.1, 0.15) is 16.8 Å². The summed E-state index contributed by atoms with van der Waals surface area (Å²) in [5, 5.41) is 6.66. The first-order valence-corrected chi connectivity index (χ1v) is 8.71. The zero-order valence-corrected chi connectivity index (χ0v) is 14.6. The molecule has 2 heterocycles. The van der Waals surface area contributed by atoms with Crippen LogP contribution in [0.2, 0.25) is 10.0 Å². The van der Waals surface area contributed by atoms with Gasteiger partial charge in [0, 0.05) is 18.2 Å².